The van der Waals surface area contributed by atoms with Gasteiger partial charge in [-0.3, -0.25) is 4.79 Å². The zero-order valence-electron chi connectivity index (χ0n) is 12.5. The molecule has 3 N–H and O–H groups in total. The summed E-state index contributed by atoms with van der Waals surface area (Å²) in [5.41, 5.74) is 8.14. The molecule has 4 atom stereocenters. The number of carbonyl (C=O) groups excluding carboxylic acids is 1. The molecule has 0 aromatic heterocycles. The molecule has 21 heavy (non-hydrogen) atoms. The Morgan fingerprint density at radius 2 is 2.05 bits per heavy atom. The van der Waals surface area contributed by atoms with E-state index < -0.39 is 6.04 Å². The molecule has 0 spiro atoms. The van der Waals surface area contributed by atoms with E-state index in [1.807, 2.05) is 31.2 Å². The van der Waals surface area contributed by atoms with Crippen molar-refractivity contribution in [3.05, 3.63) is 35.4 Å². The predicted octanol–water partition coefficient (Wildman–Crippen LogP) is 2.07. The van der Waals surface area contributed by atoms with E-state index in [9.17, 15) is 4.79 Å². The van der Waals surface area contributed by atoms with Crippen LogP contribution in [0.4, 0.5) is 0 Å². The number of rotatable bonds is 3. The van der Waals surface area contributed by atoms with Gasteiger partial charge in [0.05, 0.1) is 6.10 Å². The van der Waals surface area contributed by atoms with Gasteiger partial charge in [0, 0.05) is 18.6 Å². The summed E-state index contributed by atoms with van der Waals surface area (Å²) in [5.74, 6) is 0.393. The summed E-state index contributed by atoms with van der Waals surface area (Å²) in [6.45, 7) is 2.85. The van der Waals surface area contributed by atoms with Gasteiger partial charge in [0.25, 0.3) is 0 Å². The molecule has 0 radical (unpaired) electrons. The Morgan fingerprint density at radius 3 is 2.81 bits per heavy atom. The molecule has 1 saturated carbocycles. The lowest BCUT2D eigenvalue weighted by Gasteiger charge is -2.33. The minimum Gasteiger partial charge on any atom is -0.378 e. The smallest absolute Gasteiger partial charge is 0.241 e. The highest BCUT2D eigenvalue weighted by Crippen LogP contribution is 2.34. The SMILES string of the molecule is Cc1ccc(C(N)C(=O)NC2CCCC3OCCC23)cc1. The lowest BCUT2D eigenvalue weighted by Crippen LogP contribution is -2.48. The topological polar surface area (TPSA) is 64.4 Å². The van der Waals surface area contributed by atoms with E-state index in [1.54, 1.807) is 0 Å². The number of aryl methyl sites for hydroxylation is 1. The molecule has 1 aromatic rings. The first-order valence-electron chi connectivity index (χ1n) is 7.89. The molecule has 1 aliphatic heterocycles. The normalized spacial score (nSPS) is 29.7. The van der Waals surface area contributed by atoms with Crippen molar-refractivity contribution in [2.24, 2.45) is 11.7 Å². The van der Waals surface area contributed by atoms with Crippen molar-refractivity contribution in [3.8, 4) is 0 Å². The number of amides is 1. The molecular weight excluding hydrogens is 264 g/mol. The van der Waals surface area contributed by atoms with Crippen LogP contribution in [0.3, 0.4) is 0 Å². The molecule has 2 aliphatic rings. The highest BCUT2D eigenvalue weighted by Gasteiger charge is 2.38. The molecule has 0 bridgehead atoms. The molecule has 1 saturated heterocycles. The average Bonchev–Trinajstić information content (AvgIpc) is 2.97. The van der Waals surface area contributed by atoms with Gasteiger partial charge in [0.15, 0.2) is 0 Å². The second kappa shape index (κ2) is 6.16. The second-order valence-corrected chi connectivity index (χ2v) is 6.30. The van der Waals surface area contributed by atoms with Crippen LogP contribution in [0.5, 0.6) is 0 Å². The lowest BCUT2D eigenvalue weighted by atomic mass is 9.81. The van der Waals surface area contributed by atoms with Crippen LogP contribution in [0.1, 0.15) is 42.9 Å². The molecule has 1 amide bonds. The van der Waals surface area contributed by atoms with Crippen molar-refractivity contribution in [3.63, 3.8) is 0 Å². The van der Waals surface area contributed by atoms with Gasteiger partial charge in [-0.25, -0.2) is 0 Å². The first-order chi connectivity index (χ1) is 10.1. The number of ether oxygens (including phenoxy) is 1. The van der Waals surface area contributed by atoms with E-state index in [1.165, 1.54) is 5.56 Å². The molecule has 4 nitrogen and oxygen atoms in total. The van der Waals surface area contributed by atoms with E-state index in [0.29, 0.717) is 12.0 Å². The number of hydrogen-bond acceptors (Lipinski definition) is 3. The number of nitrogens with one attached hydrogen (secondary N) is 1. The van der Waals surface area contributed by atoms with Crippen molar-refractivity contribution >= 4 is 5.91 Å². The summed E-state index contributed by atoms with van der Waals surface area (Å²) in [7, 11) is 0. The Kier molecular flexibility index (Phi) is 4.27. The van der Waals surface area contributed by atoms with Gasteiger partial charge in [0.2, 0.25) is 5.91 Å². The molecule has 4 heteroatoms. The predicted molar refractivity (Wildman–Crippen MR) is 81.7 cm³/mol. The third-order valence-corrected chi connectivity index (χ3v) is 4.83. The van der Waals surface area contributed by atoms with Crippen molar-refractivity contribution in [1.82, 2.24) is 5.32 Å². The van der Waals surface area contributed by atoms with Crippen molar-refractivity contribution in [2.45, 2.75) is 50.8 Å². The van der Waals surface area contributed by atoms with E-state index in [-0.39, 0.29) is 11.9 Å². The van der Waals surface area contributed by atoms with Crippen molar-refractivity contribution in [2.75, 3.05) is 6.61 Å². The Balaban J connectivity index is 1.63. The quantitative estimate of drug-likeness (QED) is 0.895. The van der Waals surface area contributed by atoms with Gasteiger partial charge < -0.3 is 15.8 Å². The van der Waals surface area contributed by atoms with E-state index in [2.05, 4.69) is 5.32 Å². The number of hydrogen-bond donors (Lipinski definition) is 2. The van der Waals surface area contributed by atoms with Crippen LogP contribution in [0.2, 0.25) is 0 Å². The maximum Gasteiger partial charge on any atom is 0.241 e. The zero-order chi connectivity index (χ0) is 14.8. The highest BCUT2D eigenvalue weighted by molar-refractivity contribution is 5.83. The number of fused-ring (bicyclic) bond motifs is 1. The van der Waals surface area contributed by atoms with Crippen LogP contribution in [0.25, 0.3) is 0 Å². The number of carbonyl (C=O) groups is 1. The first-order valence-corrected chi connectivity index (χ1v) is 7.89. The van der Waals surface area contributed by atoms with Crippen LogP contribution < -0.4 is 11.1 Å². The summed E-state index contributed by atoms with van der Waals surface area (Å²) in [6, 6.07) is 7.47. The van der Waals surface area contributed by atoms with Crippen LogP contribution in [-0.2, 0) is 9.53 Å². The third-order valence-electron chi connectivity index (χ3n) is 4.83. The van der Waals surface area contributed by atoms with E-state index in [0.717, 1.165) is 37.9 Å². The fourth-order valence-corrected chi connectivity index (χ4v) is 3.55. The fourth-order valence-electron chi connectivity index (χ4n) is 3.55. The minimum absolute atomic E-state index is 0.0728. The van der Waals surface area contributed by atoms with Gasteiger partial charge >= 0.3 is 0 Å². The van der Waals surface area contributed by atoms with Gasteiger partial charge in [-0.05, 0) is 38.2 Å². The maximum absolute atomic E-state index is 12.4. The van der Waals surface area contributed by atoms with Crippen molar-refractivity contribution in [1.29, 1.82) is 0 Å². The van der Waals surface area contributed by atoms with Crippen LogP contribution in [0.15, 0.2) is 24.3 Å². The summed E-state index contributed by atoms with van der Waals surface area (Å²) in [4.78, 5) is 12.4. The molecule has 1 aromatic carbocycles. The molecule has 2 fully saturated rings. The summed E-state index contributed by atoms with van der Waals surface area (Å²) in [6.07, 6.45) is 4.67. The first kappa shape index (κ1) is 14.5. The fraction of sp³-hybridized carbons (Fsp3) is 0.588. The third kappa shape index (κ3) is 3.11. The highest BCUT2D eigenvalue weighted by atomic mass is 16.5. The lowest BCUT2D eigenvalue weighted by molar-refractivity contribution is -0.124. The maximum atomic E-state index is 12.4. The monoisotopic (exact) mass is 288 g/mol. The molecule has 3 rings (SSSR count). The van der Waals surface area contributed by atoms with E-state index >= 15 is 0 Å². The summed E-state index contributed by atoms with van der Waals surface area (Å²) in [5, 5.41) is 3.16. The Labute approximate surface area is 126 Å². The zero-order valence-corrected chi connectivity index (χ0v) is 12.5. The van der Waals surface area contributed by atoms with Crippen LogP contribution in [0, 0.1) is 12.8 Å². The summed E-state index contributed by atoms with van der Waals surface area (Å²) >= 11 is 0. The largest absolute Gasteiger partial charge is 0.378 e. The molecular formula is C17H24N2O2. The van der Waals surface area contributed by atoms with Crippen LogP contribution in [-0.4, -0.2) is 24.7 Å². The summed E-state index contributed by atoms with van der Waals surface area (Å²) < 4.78 is 5.74. The minimum atomic E-state index is -0.590. The van der Waals surface area contributed by atoms with Gasteiger partial charge in [0.1, 0.15) is 6.04 Å². The second-order valence-electron chi connectivity index (χ2n) is 6.30. The number of nitrogens with two attached hydrogens (primary N) is 1. The van der Waals surface area contributed by atoms with E-state index in [4.69, 9.17) is 10.5 Å². The molecule has 1 heterocycles. The van der Waals surface area contributed by atoms with Crippen LogP contribution >= 0.6 is 0 Å². The number of benzene rings is 1. The van der Waals surface area contributed by atoms with Crippen molar-refractivity contribution < 1.29 is 9.53 Å². The molecule has 114 valence electrons. The average molecular weight is 288 g/mol. The molecule has 1 aliphatic carbocycles. The Hall–Kier alpha value is -1.39. The molecule has 4 unspecified atom stereocenters. The van der Waals surface area contributed by atoms with Gasteiger partial charge in [-0.1, -0.05) is 29.8 Å². The van der Waals surface area contributed by atoms with Gasteiger partial charge in [-0.2, -0.15) is 0 Å². The Morgan fingerprint density at radius 1 is 1.29 bits per heavy atom. The standard InChI is InChI=1S/C17H24N2O2/c1-11-5-7-12(8-6-11)16(18)17(20)19-14-3-2-4-15-13(14)9-10-21-15/h5-8,13-16H,2-4,9-10,18H2,1H3,(H,19,20). The van der Waals surface area contributed by atoms with Gasteiger partial charge in [-0.15, -0.1) is 0 Å². The Bertz CT molecular complexity index is 500.